The number of amidine groups is 1. The first-order valence-electron chi connectivity index (χ1n) is 10.9. The van der Waals surface area contributed by atoms with Crippen molar-refractivity contribution in [3.63, 3.8) is 0 Å². The highest BCUT2D eigenvalue weighted by molar-refractivity contribution is 6.27. The van der Waals surface area contributed by atoms with Gasteiger partial charge in [-0.3, -0.25) is 24.6 Å². The number of nitrogens with one attached hydrogen (secondary N) is 1. The third-order valence-corrected chi connectivity index (χ3v) is 5.93. The molecule has 0 fully saturated rings. The molecular formula is C23H32N6O3. The van der Waals surface area contributed by atoms with Gasteiger partial charge >= 0.3 is 0 Å². The number of amides is 2. The number of rotatable bonds is 6. The number of hydrogen-bond acceptors (Lipinski definition) is 7. The summed E-state index contributed by atoms with van der Waals surface area (Å²) in [5.41, 5.74) is -0.800. The van der Waals surface area contributed by atoms with Gasteiger partial charge in [-0.05, 0) is 34.1 Å². The topological polar surface area (TPSA) is 108 Å². The maximum Gasteiger partial charge on any atom is 0.249 e. The molecule has 0 radical (unpaired) electrons. The van der Waals surface area contributed by atoms with Crippen LogP contribution in [0.25, 0.3) is 0 Å². The molecule has 32 heavy (non-hydrogen) atoms. The van der Waals surface area contributed by atoms with Gasteiger partial charge in [0.1, 0.15) is 18.0 Å². The maximum absolute atomic E-state index is 12.7. The van der Waals surface area contributed by atoms with E-state index < -0.39 is 11.1 Å². The van der Waals surface area contributed by atoms with Gasteiger partial charge in [0, 0.05) is 25.7 Å². The molecule has 0 aromatic carbocycles. The molecule has 9 heteroatoms. The monoisotopic (exact) mass is 440 g/mol. The van der Waals surface area contributed by atoms with Crippen LogP contribution in [0.5, 0.6) is 0 Å². The minimum atomic E-state index is -0.950. The molecule has 3 atom stereocenters. The lowest BCUT2D eigenvalue weighted by Crippen LogP contribution is -2.48. The fraction of sp³-hybridized carbons (Fsp3) is 0.565. The number of aliphatic imine (C=N–C) groups is 4. The number of hydrogen-bond donors (Lipinski definition) is 1. The fourth-order valence-electron chi connectivity index (χ4n) is 3.64. The Hall–Kier alpha value is -3.10. The maximum atomic E-state index is 12.7. The first kappa shape index (κ1) is 23.6. The average molecular weight is 441 g/mol. The minimum Gasteiger partial charge on any atom is -0.473 e. The summed E-state index contributed by atoms with van der Waals surface area (Å²) in [6, 6.07) is 0. The van der Waals surface area contributed by atoms with E-state index in [1.54, 1.807) is 18.9 Å². The molecule has 0 spiro atoms. The molecule has 3 unspecified atom stereocenters. The van der Waals surface area contributed by atoms with E-state index in [1.165, 1.54) is 6.21 Å². The van der Waals surface area contributed by atoms with Gasteiger partial charge in [0.2, 0.25) is 17.7 Å². The van der Waals surface area contributed by atoms with Crippen molar-refractivity contribution in [3.05, 3.63) is 23.9 Å². The smallest absolute Gasteiger partial charge is 0.249 e. The molecule has 0 saturated carbocycles. The molecule has 0 aliphatic carbocycles. The van der Waals surface area contributed by atoms with Crippen molar-refractivity contribution in [1.82, 2.24) is 10.2 Å². The van der Waals surface area contributed by atoms with Gasteiger partial charge in [0.15, 0.2) is 5.54 Å². The van der Waals surface area contributed by atoms with Crippen LogP contribution in [-0.4, -0.2) is 78.7 Å². The van der Waals surface area contributed by atoms with Crippen molar-refractivity contribution in [3.8, 4) is 0 Å². The van der Waals surface area contributed by atoms with Gasteiger partial charge in [0.05, 0.1) is 24.9 Å². The molecule has 0 aromatic heterocycles. The molecule has 2 amide bonds. The predicted octanol–water partition coefficient (Wildman–Crippen LogP) is 1.95. The Labute approximate surface area is 189 Å². The summed E-state index contributed by atoms with van der Waals surface area (Å²) >= 11 is 0. The summed E-state index contributed by atoms with van der Waals surface area (Å²) in [5.74, 6) is 1.04. The number of nitrogens with zero attached hydrogens (tertiary/aromatic N) is 5. The molecule has 3 heterocycles. The summed E-state index contributed by atoms with van der Waals surface area (Å²) in [6.45, 7) is 8.56. The van der Waals surface area contributed by atoms with Crippen molar-refractivity contribution in [2.45, 2.75) is 51.6 Å². The van der Waals surface area contributed by atoms with Crippen LogP contribution in [0.15, 0.2) is 43.9 Å². The Morgan fingerprint density at radius 3 is 2.78 bits per heavy atom. The van der Waals surface area contributed by atoms with E-state index in [1.807, 2.05) is 45.2 Å². The van der Waals surface area contributed by atoms with E-state index in [2.05, 4.69) is 20.3 Å². The molecule has 3 aliphatic heterocycles. The third kappa shape index (κ3) is 5.20. The highest BCUT2D eigenvalue weighted by Gasteiger charge is 2.38. The minimum absolute atomic E-state index is 0.0322. The SMILES string of the molecule is C/C=C/COC1=NCC(C)(C(=O)NCC2C=NC(C3(C)CC(=O)N(C)C(C)=N3)=CC2)N=C1. The third-order valence-electron chi connectivity index (χ3n) is 5.93. The highest BCUT2D eigenvalue weighted by Crippen LogP contribution is 2.33. The van der Waals surface area contributed by atoms with Gasteiger partial charge in [-0.2, -0.15) is 0 Å². The number of carbonyl (C=O) groups is 2. The van der Waals surface area contributed by atoms with E-state index in [9.17, 15) is 9.59 Å². The zero-order chi connectivity index (χ0) is 23.4. The summed E-state index contributed by atoms with van der Waals surface area (Å²) in [7, 11) is 1.73. The quantitative estimate of drug-likeness (QED) is 0.638. The highest BCUT2D eigenvalue weighted by atomic mass is 16.5. The van der Waals surface area contributed by atoms with Gasteiger partial charge in [-0.15, -0.1) is 0 Å². The van der Waals surface area contributed by atoms with Crippen LogP contribution in [0.2, 0.25) is 0 Å². The fourth-order valence-corrected chi connectivity index (χ4v) is 3.64. The molecule has 0 bridgehead atoms. The summed E-state index contributed by atoms with van der Waals surface area (Å²) in [5, 5.41) is 2.97. The van der Waals surface area contributed by atoms with E-state index in [0.717, 1.165) is 5.70 Å². The molecule has 1 N–H and O–H groups in total. The lowest BCUT2D eigenvalue weighted by atomic mass is 9.88. The zero-order valence-electron chi connectivity index (χ0n) is 19.5. The van der Waals surface area contributed by atoms with Crippen LogP contribution in [-0.2, 0) is 14.3 Å². The Morgan fingerprint density at radius 2 is 2.19 bits per heavy atom. The summed E-state index contributed by atoms with van der Waals surface area (Å²) in [6.07, 6.45) is 10.2. The largest absolute Gasteiger partial charge is 0.473 e. The van der Waals surface area contributed by atoms with Crippen molar-refractivity contribution < 1.29 is 14.3 Å². The second-order valence-electron chi connectivity index (χ2n) is 8.70. The first-order valence-corrected chi connectivity index (χ1v) is 10.9. The van der Waals surface area contributed by atoms with Crippen LogP contribution >= 0.6 is 0 Å². The summed E-state index contributed by atoms with van der Waals surface area (Å²) in [4.78, 5) is 44.5. The molecule has 3 rings (SSSR count). The standard InChI is InChI=1S/C23H32N6O3/c1-6-7-10-32-19-14-27-23(4,15-26-19)21(31)25-13-17-8-9-18(24-12-17)22(3)11-20(30)29(5)16(2)28-22/h6-7,9,12,14,17H,8,10-11,13,15H2,1-5H3,(H,25,31)/b7-6+. The van der Waals surface area contributed by atoms with E-state index >= 15 is 0 Å². The number of allylic oxidation sites excluding steroid dienone is 2. The van der Waals surface area contributed by atoms with Gasteiger partial charge in [0.25, 0.3) is 0 Å². The van der Waals surface area contributed by atoms with Crippen LogP contribution in [0, 0.1) is 5.92 Å². The van der Waals surface area contributed by atoms with E-state index in [4.69, 9.17) is 9.73 Å². The van der Waals surface area contributed by atoms with Crippen molar-refractivity contribution in [2.75, 3.05) is 26.7 Å². The Morgan fingerprint density at radius 1 is 1.41 bits per heavy atom. The van der Waals surface area contributed by atoms with Gasteiger partial charge in [-0.25, -0.2) is 4.99 Å². The average Bonchev–Trinajstić information content (AvgIpc) is 2.77. The zero-order valence-corrected chi connectivity index (χ0v) is 19.5. The number of carbonyl (C=O) groups excluding carboxylic acids is 2. The van der Waals surface area contributed by atoms with Crippen LogP contribution in [0.1, 0.15) is 40.5 Å². The molecule has 172 valence electrons. The molecular weight excluding hydrogens is 408 g/mol. The second-order valence-corrected chi connectivity index (χ2v) is 8.70. The molecule has 0 aromatic rings. The first-order chi connectivity index (χ1) is 15.2. The van der Waals surface area contributed by atoms with Crippen LogP contribution in [0.4, 0.5) is 0 Å². The summed E-state index contributed by atoms with van der Waals surface area (Å²) < 4.78 is 5.46. The van der Waals surface area contributed by atoms with Crippen LogP contribution < -0.4 is 5.32 Å². The van der Waals surface area contributed by atoms with Crippen molar-refractivity contribution in [2.24, 2.45) is 25.9 Å². The lowest BCUT2D eigenvalue weighted by molar-refractivity contribution is -0.128. The van der Waals surface area contributed by atoms with Gasteiger partial charge < -0.3 is 15.0 Å². The predicted molar refractivity (Wildman–Crippen MR) is 127 cm³/mol. The second kappa shape index (κ2) is 9.58. The Kier molecular flexibility index (Phi) is 7.06. The van der Waals surface area contributed by atoms with Gasteiger partial charge in [-0.1, -0.05) is 18.2 Å². The molecule has 3 aliphatic rings. The normalized spacial score (nSPS) is 30.2. The number of ether oxygens (including phenoxy) is 1. The van der Waals surface area contributed by atoms with Crippen molar-refractivity contribution >= 4 is 36.0 Å². The van der Waals surface area contributed by atoms with E-state index in [0.29, 0.717) is 37.7 Å². The lowest BCUT2D eigenvalue weighted by Gasteiger charge is -2.35. The Balaban J connectivity index is 1.52. The van der Waals surface area contributed by atoms with Crippen LogP contribution in [0.3, 0.4) is 0 Å². The van der Waals surface area contributed by atoms with Crippen molar-refractivity contribution in [1.29, 1.82) is 0 Å². The Bertz CT molecular complexity index is 947. The van der Waals surface area contributed by atoms with E-state index in [-0.39, 0.29) is 24.3 Å². The molecule has 0 saturated heterocycles. The molecule has 9 nitrogen and oxygen atoms in total.